The standard InChI is InChI=1S/C20H25N5O2S2/c1-5-6-7-25-19(27)23-24-20(25)29-11-16(26)22-18-21-15(10-28-18)17-13(3)8-12(2)9-14(17)4/h8-10H,5-7,11H2,1-4H3,(H,23,27)(H,21,22,26). The lowest BCUT2D eigenvalue weighted by atomic mass is 9.98. The van der Waals surface area contributed by atoms with Crippen LogP contribution in [0.1, 0.15) is 36.5 Å². The minimum Gasteiger partial charge on any atom is -0.301 e. The van der Waals surface area contributed by atoms with Crippen molar-refractivity contribution in [3.63, 3.8) is 0 Å². The molecule has 0 bridgehead atoms. The number of thioether (sulfide) groups is 1. The van der Waals surface area contributed by atoms with Crippen molar-refractivity contribution >= 4 is 34.1 Å². The molecule has 0 saturated carbocycles. The second-order valence-corrected chi connectivity index (χ2v) is 8.77. The number of carbonyl (C=O) groups excluding carboxylic acids is 1. The number of aryl methyl sites for hydroxylation is 3. The fourth-order valence-electron chi connectivity index (χ4n) is 3.24. The molecular formula is C20H25N5O2S2. The number of carbonyl (C=O) groups is 1. The third-order valence-electron chi connectivity index (χ3n) is 4.47. The number of H-pyrrole nitrogens is 1. The summed E-state index contributed by atoms with van der Waals surface area (Å²) in [6.45, 7) is 8.89. The monoisotopic (exact) mass is 431 g/mol. The van der Waals surface area contributed by atoms with Crippen LogP contribution < -0.4 is 11.0 Å². The Labute approximate surface area is 178 Å². The van der Waals surface area contributed by atoms with Crippen molar-refractivity contribution in [1.29, 1.82) is 0 Å². The summed E-state index contributed by atoms with van der Waals surface area (Å²) in [4.78, 5) is 28.8. The molecule has 1 amide bonds. The predicted molar refractivity (Wildman–Crippen MR) is 119 cm³/mol. The molecule has 0 aliphatic rings. The van der Waals surface area contributed by atoms with Crippen LogP contribution in [0, 0.1) is 20.8 Å². The second-order valence-electron chi connectivity index (χ2n) is 6.96. The number of aromatic amines is 1. The van der Waals surface area contributed by atoms with Crippen molar-refractivity contribution in [3.05, 3.63) is 44.7 Å². The fourth-order valence-corrected chi connectivity index (χ4v) is 4.73. The number of amides is 1. The molecular weight excluding hydrogens is 406 g/mol. The highest BCUT2D eigenvalue weighted by atomic mass is 32.2. The van der Waals surface area contributed by atoms with E-state index in [-0.39, 0.29) is 17.3 Å². The van der Waals surface area contributed by atoms with E-state index in [1.807, 2.05) is 5.38 Å². The Hall–Kier alpha value is -2.39. The summed E-state index contributed by atoms with van der Waals surface area (Å²) in [5.41, 5.74) is 5.30. The van der Waals surface area contributed by atoms with E-state index in [0.717, 1.165) is 24.1 Å². The molecule has 3 rings (SSSR count). The fraction of sp³-hybridized carbons (Fsp3) is 0.400. The van der Waals surface area contributed by atoms with Crippen LogP contribution in [0.25, 0.3) is 11.3 Å². The summed E-state index contributed by atoms with van der Waals surface area (Å²) in [6.07, 6.45) is 1.87. The average molecular weight is 432 g/mol. The molecule has 0 aliphatic heterocycles. The van der Waals surface area contributed by atoms with Crippen molar-refractivity contribution in [1.82, 2.24) is 19.7 Å². The topological polar surface area (TPSA) is 92.7 Å². The van der Waals surface area contributed by atoms with Crippen LogP contribution in [0.2, 0.25) is 0 Å². The third kappa shape index (κ3) is 5.16. The lowest BCUT2D eigenvalue weighted by Crippen LogP contribution is -2.19. The van der Waals surface area contributed by atoms with Crippen LogP contribution in [0.4, 0.5) is 5.13 Å². The summed E-state index contributed by atoms with van der Waals surface area (Å²) >= 11 is 2.65. The van der Waals surface area contributed by atoms with Crippen molar-refractivity contribution in [2.45, 2.75) is 52.2 Å². The lowest BCUT2D eigenvalue weighted by Gasteiger charge is -2.08. The van der Waals surface area contributed by atoms with Crippen LogP contribution in [0.5, 0.6) is 0 Å². The Kier molecular flexibility index (Phi) is 6.92. The van der Waals surface area contributed by atoms with E-state index in [4.69, 9.17) is 0 Å². The van der Waals surface area contributed by atoms with Crippen LogP contribution >= 0.6 is 23.1 Å². The van der Waals surface area contributed by atoms with Crippen LogP contribution in [-0.4, -0.2) is 31.4 Å². The number of aromatic nitrogens is 4. The van der Waals surface area contributed by atoms with Gasteiger partial charge in [0, 0.05) is 17.5 Å². The maximum absolute atomic E-state index is 12.4. The summed E-state index contributed by atoms with van der Waals surface area (Å²) in [7, 11) is 0. The number of benzene rings is 1. The number of rotatable bonds is 8. The van der Waals surface area contributed by atoms with E-state index in [1.54, 1.807) is 4.57 Å². The Bertz CT molecular complexity index is 1040. The Morgan fingerprint density at radius 3 is 2.69 bits per heavy atom. The van der Waals surface area contributed by atoms with Crippen LogP contribution in [-0.2, 0) is 11.3 Å². The van der Waals surface area contributed by atoms with Gasteiger partial charge < -0.3 is 5.32 Å². The van der Waals surface area contributed by atoms with E-state index >= 15 is 0 Å². The molecule has 7 nitrogen and oxygen atoms in total. The minimum atomic E-state index is -0.241. The summed E-state index contributed by atoms with van der Waals surface area (Å²) in [6, 6.07) is 4.27. The van der Waals surface area contributed by atoms with Gasteiger partial charge in [-0.1, -0.05) is 42.8 Å². The lowest BCUT2D eigenvalue weighted by molar-refractivity contribution is -0.113. The molecule has 0 unspecified atom stereocenters. The molecule has 3 aromatic rings. The first-order chi connectivity index (χ1) is 13.9. The largest absolute Gasteiger partial charge is 0.343 e. The number of hydrogen-bond acceptors (Lipinski definition) is 6. The second kappa shape index (κ2) is 9.41. The van der Waals surface area contributed by atoms with Gasteiger partial charge in [-0.2, -0.15) is 0 Å². The first-order valence-electron chi connectivity index (χ1n) is 9.50. The number of nitrogens with one attached hydrogen (secondary N) is 2. The molecule has 0 saturated heterocycles. The van der Waals surface area contributed by atoms with Gasteiger partial charge in [0.1, 0.15) is 0 Å². The molecule has 154 valence electrons. The van der Waals surface area contributed by atoms with Gasteiger partial charge in [0.05, 0.1) is 11.4 Å². The summed E-state index contributed by atoms with van der Waals surface area (Å²) < 4.78 is 1.58. The molecule has 2 N–H and O–H groups in total. The number of nitrogens with zero attached hydrogens (tertiary/aromatic N) is 3. The molecule has 9 heteroatoms. The average Bonchev–Trinajstić information content (AvgIpc) is 3.24. The highest BCUT2D eigenvalue weighted by Gasteiger charge is 2.14. The molecule has 0 spiro atoms. The van der Waals surface area contributed by atoms with Crippen molar-refractivity contribution in [3.8, 4) is 11.3 Å². The van der Waals surface area contributed by atoms with Gasteiger partial charge in [0.25, 0.3) is 0 Å². The molecule has 0 aliphatic carbocycles. The van der Waals surface area contributed by atoms with E-state index in [2.05, 4.69) is 60.3 Å². The first-order valence-corrected chi connectivity index (χ1v) is 11.4. The molecule has 29 heavy (non-hydrogen) atoms. The number of anilines is 1. The zero-order valence-electron chi connectivity index (χ0n) is 17.0. The minimum absolute atomic E-state index is 0.161. The Morgan fingerprint density at radius 1 is 1.28 bits per heavy atom. The number of thiazole rings is 1. The van der Waals surface area contributed by atoms with E-state index in [1.165, 1.54) is 39.8 Å². The van der Waals surface area contributed by atoms with Crippen LogP contribution in [0.3, 0.4) is 0 Å². The Morgan fingerprint density at radius 2 is 2.00 bits per heavy atom. The SMILES string of the molecule is CCCCn1c(SCC(=O)Nc2nc(-c3c(C)cc(C)cc3C)cs2)n[nH]c1=O. The Balaban J connectivity index is 1.64. The normalized spacial score (nSPS) is 11.0. The van der Waals surface area contributed by atoms with Crippen molar-refractivity contribution in [2.75, 3.05) is 11.1 Å². The van der Waals surface area contributed by atoms with E-state index < -0.39 is 0 Å². The van der Waals surface area contributed by atoms with Crippen LogP contribution in [0.15, 0.2) is 27.5 Å². The summed E-state index contributed by atoms with van der Waals surface area (Å²) in [5, 5.41) is 12.4. The molecule has 0 radical (unpaired) electrons. The van der Waals surface area contributed by atoms with Crippen molar-refractivity contribution in [2.24, 2.45) is 0 Å². The predicted octanol–water partition coefficient (Wildman–Crippen LogP) is 4.15. The maximum atomic E-state index is 12.4. The van der Waals surface area contributed by atoms with E-state index in [9.17, 15) is 9.59 Å². The first kappa shape index (κ1) is 21.3. The van der Waals surface area contributed by atoms with Gasteiger partial charge in [-0.15, -0.1) is 16.4 Å². The van der Waals surface area contributed by atoms with Gasteiger partial charge in [-0.05, 0) is 38.3 Å². The van der Waals surface area contributed by atoms with Gasteiger partial charge in [0.2, 0.25) is 5.91 Å². The third-order valence-corrected chi connectivity index (χ3v) is 6.21. The summed E-state index contributed by atoms with van der Waals surface area (Å²) in [5.74, 6) is -0.0146. The van der Waals surface area contributed by atoms with Gasteiger partial charge in [-0.3, -0.25) is 9.36 Å². The quantitative estimate of drug-likeness (QED) is 0.523. The van der Waals surface area contributed by atoms with Crippen molar-refractivity contribution < 1.29 is 4.79 Å². The smallest absolute Gasteiger partial charge is 0.301 e. The zero-order valence-corrected chi connectivity index (χ0v) is 18.7. The van der Waals surface area contributed by atoms with Gasteiger partial charge >= 0.3 is 5.69 Å². The maximum Gasteiger partial charge on any atom is 0.343 e. The molecule has 2 aromatic heterocycles. The zero-order chi connectivity index (χ0) is 21.0. The van der Waals surface area contributed by atoms with E-state index in [0.29, 0.717) is 16.8 Å². The number of hydrogen-bond donors (Lipinski definition) is 2. The highest BCUT2D eigenvalue weighted by Crippen LogP contribution is 2.31. The molecule has 0 atom stereocenters. The number of unbranched alkanes of at least 4 members (excludes halogenated alkanes) is 1. The highest BCUT2D eigenvalue weighted by molar-refractivity contribution is 7.99. The molecule has 2 heterocycles. The van der Waals surface area contributed by atoms with Gasteiger partial charge in [0.15, 0.2) is 10.3 Å². The molecule has 1 aromatic carbocycles. The molecule has 0 fully saturated rings. The van der Waals surface area contributed by atoms with Gasteiger partial charge in [-0.25, -0.2) is 14.9 Å².